The number of hydrogen-bond donors (Lipinski definition) is 0. The zero-order chi connectivity index (χ0) is 20.9. The van der Waals surface area contributed by atoms with E-state index in [0.717, 1.165) is 17.7 Å². The van der Waals surface area contributed by atoms with E-state index in [4.69, 9.17) is 0 Å². The Kier molecular flexibility index (Phi) is 5.13. The van der Waals surface area contributed by atoms with E-state index in [1.807, 2.05) is 47.2 Å². The van der Waals surface area contributed by atoms with Crippen molar-refractivity contribution >= 4 is 33.1 Å². The molecule has 5 rings (SSSR count). The van der Waals surface area contributed by atoms with Gasteiger partial charge in [0, 0.05) is 41.7 Å². The van der Waals surface area contributed by atoms with E-state index in [0.29, 0.717) is 29.4 Å². The molecule has 0 N–H and O–H groups in total. The fourth-order valence-corrected chi connectivity index (χ4v) is 7.74. The van der Waals surface area contributed by atoms with Crippen molar-refractivity contribution in [2.24, 2.45) is 5.92 Å². The summed E-state index contributed by atoms with van der Waals surface area (Å²) in [6, 6.07) is 15.4. The molecular formula is C22H22N2O3S3. The normalized spacial score (nSPS) is 21.4. The van der Waals surface area contributed by atoms with E-state index in [1.54, 1.807) is 33.6 Å². The number of rotatable bonds is 4. The van der Waals surface area contributed by atoms with Crippen LogP contribution in [0.5, 0.6) is 0 Å². The Labute approximate surface area is 184 Å². The summed E-state index contributed by atoms with van der Waals surface area (Å²) < 4.78 is 29.9. The monoisotopic (exact) mass is 458 g/mol. The van der Waals surface area contributed by atoms with E-state index < -0.39 is 10.0 Å². The Morgan fingerprint density at radius 1 is 1.03 bits per heavy atom. The van der Waals surface area contributed by atoms with Gasteiger partial charge < -0.3 is 4.57 Å². The van der Waals surface area contributed by atoms with Gasteiger partial charge in [-0.3, -0.25) is 4.79 Å². The largest absolute Gasteiger partial charge is 0.311 e. The molecule has 0 aliphatic carbocycles. The van der Waals surface area contributed by atoms with E-state index in [2.05, 4.69) is 0 Å². The molecule has 4 heterocycles. The minimum Gasteiger partial charge on any atom is -0.311 e. The zero-order valence-electron chi connectivity index (χ0n) is 16.5. The lowest BCUT2D eigenvalue weighted by Gasteiger charge is -2.42. The average Bonchev–Trinajstić information content (AvgIpc) is 3.30. The molecule has 8 heteroatoms. The second kappa shape index (κ2) is 7.67. The molecule has 0 unspecified atom stereocenters. The number of thiophene rings is 1. The molecule has 2 aromatic heterocycles. The van der Waals surface area contributed by atoms with Gasteiger partial charge in [-0.2, -0.15) is 4.31 Å². The fraction of sp³-hybridized carbons (Fsp3) is 0.318. The number of pyridine rings is 1. The SMILES string of the molecule is CSc1ccc(-c2ccc3n(c2=O)C[C@H]2C[C@@H]3CN(S(=O)(=O)c3cccs3)C2)cc1. The number of benzene rings is 1. The topological polar surface area (TPSA) is 59.4 Å². The molecule has 1 saturated heterocycles. The van der Waals surface area contributed by atoms with Crippen LogP contribution in [0.3, 0.4) is 0 Å². The van der Waals surface area contributed by atoms with Crippen molar-refractivity contribution in [1.82, 2.24) is 8.87 Å². The van der Waals surface area contributed by atoms with E-state index in [9.17, 15) is 13.2 Å². The molecular weight excluding hydrogens is 436 g/mol. The number of sulfonamides is 1. The Balaban J connectivity index is 1.49. The lowest BCUT2D eigenvalue weighted by atomic mass is 9.84. The van der Waals surface area contributed by atoms with Crippen molar-refractivity contribution in [1.29, 1.82) is 0 Å². The van der Waals surface area contributed by atoms with Gasteiger partial charge in [0.15, 0.2) is 0 Å². The molecule has 30 heavy (non-hydrogen) atoms. The molecule has 1 fully saturated rings. The first-order valence-corrected chi connectivity index (χ1v) is 13.4. The van der Waals surface area contributed by atoms with Crippen LogP contribution >= 0.6 is 23.1 Å². The smallest absolute Gasteiger partial charge is 0.258 e. The molecule has 5 nitrogen and oxygen atoms in total. The Morgan fingerprint density at radius 2 is 1.83 bits per heavy atom. The Hall–Kier alpha value is -1.87. The summed E-state index contributed by atoms with van der Waals surface area (Å²) in [4.78, 5) is 14.5. The van der Waals surface area contributed by atoms with Crippen molar-refractivity contribution < 1.29 is 8.42 Å². The lowest BCUT2D eigenvalue weighted by molar-refractivity contribution is 0.186. The summed E-state index contributed by atoms with van der Waals surface area (Å²) in [6.07, 6.45) is 2.96. The van der Waals surface area contributed by atoms with Crippen LogP contribution in [-0.4, -0.2) is 36.6 Å². The highest BCUT2D eigenvalue weighted by atomic mass is 32.2. The van der Waals surface area contributed by atoms with E-state index in [1.165, 1.54) is 16.2 Å². The number of hydrogen-bond acceptors (Lipinski definition) is 5. The minimum absolute atomic E-state index is 0.0219. The second-order valence-corrected chi connectivity index (χ2v) is 11.9. The maximum Gasteiger partial charge on any atom is 0.258 e. The number of nitrogens with zero attached hydrogens (tertiary/aromatic N) is 2. The van der Waals surface area contributed by atoms with Gasteiger partial charge in [-0.05, 0) is 59.9 Å². The maximum absolute atomic E-state index is 13.3. The van der Waals surface area contributed by atoms with Crippen molar-refractivity contribution in [2.75, 3.05) is 19.3 Å². The summed E-state index contributed by atoms with van der Waals surface area (Å²) >= 11 is 2.93. The van der Waals surface area contributed by atoms with Crippen LogP contribution in [0.25, 0.3) is 11.1 Å². The van der Waals surface area contributed by atoms with Gasteiger partial charge in [-0.1, -0.05) is 18.2 Å². The molecule has 2 atom stereocenters. The highest BCUT2D eigenvalue weighted by Crippen LogP contribution is 2.38. The predicted octanol–water partition coefficient (Wildman–Crippen LogP) is 4.11. The first-order chi connectivity index (χ1) is 14.5. The van der Waals surface area contributed by atoms with Gasteiger partial charge in [0.1, 0.15) is 4.21 Å². The van der Waals surface area contributed by atoms with Crippen LogP contribution in [0.4, 0.5) is 0 Å². The first kappa shape index (κ1) is 20.1. The fourth-order valence-electron chi connectivity index (χ4n) is 4.63. The number of piperidine rings is 1. The third kappa shape index (κ3) is 3.36. The Bertz CT molecular complexity index is 1230. The number of thioether (sulfide) groups is 1. The van der Waals surface area contributed by atoms with Gasteiger partial charge >= 0.3 is 0 Å². The zero-order valence-corrected chi connectivity index (χ0v) is 19.0. The van der Waals surface area contributed by atoms with E-state index in [-0.39, 0.29) is 17.4 Å². The van der Waals surface area contributed by atoms with Crippen LogP contribution in [0.15, 0.2) is 67.8 Å². The quantitative estimate of drug-likeness (QED) is 0.552. The maximum atomic E-state index is 13.3. The van der Waals surface area contributed by atoms with Crippen molar-refractivity contribution in [3.05, 3.63) is 70.0 Å². The molecule has 1 aromatic carbocycles. The van der Waals surface area contributed by atoms with E-state index >= 15 is 0 Å². The third-order valence-corrected chi connectivity index (χ3v) is 10.0. The number of fused-ring (bicyclic) bond motifs is 4. The highest BCUT2D eigenvalue weighted by molar-refractivity contribution is 7.98. The molecule has 156 valence electrons. The Morgan fingerprint density at radius 3 is 2.53 bits per heavy atom. The lowest BCUT2D eigenvalue weighted by Crippen LogP contribution is -2.49. The van der Waals surface area contributed by atoms with Crippen molar-refractivity contribution in [2.45, 2.75) is 28.0 Å². The number of aromatic nitrogens is 1. The summed E-state index contributed by atoms with van der Waals surface area (Å²) in [5, 5.41) is 1.79. The summed E-state index contributed by atoms with van der Waals surface area (Å²) in [7, 11) is -3.47. The molecule has 0 radical (unpaired) electrons. The van der Waals surface area contributed by atoms with Crippen LogP contribution in [0, 0.1) is 5.92 Å². The van der Waals surface area contributed by atoms with Gasteiger partial charge in [0.05, 0.1) is 0 Å². The molecule has 3 aromatic rings. The molecule has 0 spiro atoms. The standard InChI is InChI=1S/C22H22N2O3S3/c1-28-18-6-4-16(5-7-18)19-8-9-20-17-11-15(13-24(20)22(19)25)12-23(14-17)30(26,27)21-3-2-10-29-21/h2-10,15,17H,11-14H2,1H3/t15-,17+/m0/s1. The first-order valence-electron chi connectivity index (χ1n) is 9.89. The predicted molar refractivity (Wildman–Crippen MR) is 122 cm³/mol. The van der Waals surface area contributed by atoms with Crippen LogP contribution in [0.2, 0.25) is 0 Å². The second-order valence-electron chi connectivity index (χ2n) is 7.87. The molecule has 2 aliphatic heterocycles. The molecule has 2 aliphatic rings. The summed E-state index contributed by atoms with van der Waals surface area (Å²) in [5.74, 6) is 0.200. The van der Waals surface area contributed by atoms with Crippen molar-refractivity contribution in [3.63, 3.8) is 0 Å². The minimum atomic E-state index is -3.47. The van der Waals surface area contributed by atoms with Gasteiger partial charge in [-0.25, -0.2) is 8.42 Å². The van der Waals surface area contributed by atoms with Crippen LogP contribution in [-0.2, 0) is 16.6 Å². The van der Waals surface area contributed by atoms with Gasteiger partial charge in [0.25, 0.3) is 15.6 Å². The van der Waals surface area contributed by atoms with Crippen LogP contribution in [0.1, 0.15) is 18.0 Å². The molecule has 0 saturated carbocycles. The third-order valence-electron chi connectivity index (χ3n) is 6.06. The highest BCUT2D eigenvalue weighted by Gasteiger charge is 2.40. The van der Waals surface area contributed by atoms with Gasteiger partial charge in [0.2, 0.25) is 0 Å². The summed E-state index contributed by atoms with van der Waals surface area (Å²) in [6.45, 7) is 1.46. The molecule has 0 amide bonds. The van der Waals surface area contributed by atoms with Gasteiger partial charge in [-0.15, -0.1) is 23.1 Å². The summed E-state index contributed by atoms with van der Waals surface area (Å²) in [5.41, 5.74) is 2.60. The van der Waals surface area contributed by atoms with Crippen LogP contribution < -0.4 is 5.56 Å². The average molecular weight is 459 g/mol. The molecule has 2 bridgehead atoms. The van der Waals surface area contributed by atoms with Crippen molar-refractivity contribution in [3.8, 4) is 11.1 Å².